The Bertz CT molecular complexity index is 21.0. The van der Waals surface area contributed by atoms with E-state index in [1.807, 2.05) is 0 Å². The molecular weight excluding hydrogens is 145 g/mol. The highest BCUT2D eigenvalue weighted by molar-refractivity contribution is 4.11. The molecule has 0 saturated carbocycles. The summed E-state index contributed by atoms with van der Waals surface area (Å²) in [5, 5.41) is 0. The van der Waals surface area contributed by atoms with E-state index in [4.69, 9.17) is 0 Å². The molecule has 0 atom stereocenters. The van der Waals surface area contributed by atoms with E-state index in [1.54, 1.807) is 6.92 Å². The first-order valence-corrected chi connectivity index (χ1v) is 2.82. The first kappa shape index (κ1) is 16.4. The summed E-state index contributed by atoms with van der Waals surface area (Å²) in [5.74, 6) is 0. The number of halogens is 3. The molecule has 0 aromatic heterocycles. The molecule has 66 valence electrons. The van der Waals surface area contributed by atoms with Crippen molar-refractivity contribution in [2.45, 2.75) is 13.3 Å². The van der Waals surface area contributed by atoms with Gasteiger partial charge in [-0.2, -0.15) is 0 Å². The molecule has 0 unspecified atom stereocenters. The van der Waals surface area contributed by atoms with Gasteiger partial charge in [-0.3, -0.25) is 8.78 Å². The van der Waals surface area contributed by atoms with Gasteiger partial charge in [0.2, 0.25) is 0 Å². The fourth-order valence-electron chi connectivity index (χ4n) is 0. The zero-order valence-corrected chi connectivity index (χ0v) is 6.66. The molecule has 0 fully saturated rings. The third-order valence-corrected chi connectivity index (χ3v) is 0.298. The van der Waals surface area contributed by atoms with Crippen LogP contribution in [0.2, 0.25) is 0 Å². The van der Waals surface area contributed by atoms with Crippen LogP contribution in [0.3, 0.4) is 0 Å². The van der Waals surface area contributed by atoms with Gasteiger partial charge in [0.15, 0.2) is 6.86 Å². The van der Waals surface area contributed by atoms with Crippen LogP contribution in [0.4, 0.5) is 13.2 Å². The highest BCUT2D eigenvalue weighted by atomic mass is 19.1. The molecule has 0 heterocycles. The van der Waals surface area contributed by atoms with Crippen molar-refractivity contribution < 1.29 is 17.9 Å². The predicted octanol–water partition coefficient (Wildman–Crippen LogP) is 2.51. The predicted molar refractivity (Wildman–Crippen MR) is 36.3 cm³/mol. The number of methoxy groups -OCH3 is 1. The van der Waals surface area contributed by atoms with Crippen molar-refractivity contribution in [3.63, 3.8) is 0 Å². The Morgan fingerprint density at radius 3 is 1.40 bits per heavy atom. The highest BCUT2D eigenvalue weighted by Crippen LogP contribution is 1.69. The molecule has 0 amide bonds. The van der Waals surface area contributed by atoms with Crippen LogP contribution in [0.1, 0.15) is 13.3 Å². The minimum absolute atomic E-state index is 0.181. The molecule has 0 aliphatic heterocycles. The molecule has 0 aromatic carbocycles. The molecule has 4 heteroatoms. The van der Waals surface area contributed by atoms with Crippen LogP contribution >= 0.6 is 0 Å². The average Bonchev–Trinajstić information content (AvgIpc) is 2.08. The Balaban J connectivity index is -0.0000000787. The molecule has 0 saturated heterocycles. The number of rotatable bonds is 2. The van der Waals surface area contributed by atoms with Crippen molar-refractivity contribution in [1.29, 1.82) is 0 Å². The molecule has 0 spiro atoms. The summed E-state index contributed by atoms with van der Waals surface area (Å²) < 4.78 is 34.6. The Kier molecular flexibility index (Phi) is 61.2. The highest BCUT2D eigenvalue weighted by Gasteiger charge is 1.60. The molecule has 0 rings (SSSR count). The second kappa shape index (κ2) is 37.4. The van der Waals surface area contributed by atoms with E-state index in [-0.39, 0.29) is 6.67 Å². The van der Waals surface area contributed by atoms with Gasteiger partial charge >= 0.3 is 0 Å². The van der Waals surface area contributed by atoms with Crippen molar-refractivity contribution in [2.24, 2.45) is 0 Å². The summed E-state index contributed by atoms with van der Waals surface area (Å²) in [6.07, 6.45) is 0.653. The van der Waals surface area contributed by atoms with E-state index in [0.29, 0.717) is 13.6 Å². The number of ether oxygens (including phenoxy) is 1. The molecule has 0 radical (unpaired) electrons. The van der Waals surface area contributed by atoms with Gasteiger partial charge in [-0.1, -0.05) is 6.92 Å². The van der Waals surface area contributed by atoms with Crippen LogP contribution in [0.5, 0.6) is 0 Å². The van der Waals surface area contributed by atoms with Gasteiger partial charge in [-0.25, -0.2) is 4.39 Å². The van der Waals surface area contributed by atoms with E-state index < -0.39 is 6.86 Å². The molecular formula is C6H15F3O. The van der Waals surface area contributed by atoms with Gasteiger partial charge in [0.25, 0.3) is 0 Å². The second-order valence-electron chi connectivity index (χ2n) is 1.09. The Labute approximate surface area is 60.2 Å². The molecule has 0 N–H and O–H groups in total. The Morgan fingerprint density at radius 1 is 1.20 bits per heavy atom. The second-order valence-corrected chi connectivity index (χ2v) is 1.09. The van der Waals surface area contributed by atoms with E-state index >= 15 is 0 Å². The molecule has 0 aliphatic carbocycles. The van der Waals surface area contributed by atoms with Crippen molar-refractivity contribution in [1.82, 2.24) is 0 Å². The first-order chi connectivity index (χ1) is 4.83. The van der Waals surface area contributed by atoms with Crippen molar-refractivity contribution in [3.05, 3.63) is 0 Å². The lowest BCUT2D eigenvalue weighted by Crippen LogP contribution is -1.70. The Morgan fingerprint density at radius 2 is 1.40 bits per heavy atom. The first-order valence-electron chi connectivity index (χ1n) is 2.82. The van der Waals surface area contributed by atoms with E-state index in [0.717, 1.165) is 0 Å². The number of alkyl halides is 3. The van der Waals surface area contributed by atoms with Gasteiger partial charge < -0.3 is 4.74 Å². The van der Waals surface area contributed by atoms with Gasteiger partial charge in [0.1, 0.15) is 0 Å². The SMILES string of the molecule is CCCF.CF.COCF. The smallest absolute Gasteiger partial charge is 0.187 e. The summed E-state index contributed by atoms with van der Waals surface area (Å²) in [4.78, 5) is 0. The maximum absolute atomic E-state index is 10.7. The fraction of sp³-hybridized carbons (Fsp3) is 1.00. The van der Waals surface area contributed by atoms with E-state index in [9.17, 15) is 13.2 Å². The summed E-state index contributed by atoms with van der Waals surface area (Å²) >= 11 is 0. The van der Waals surface area contributed by atoms with Crippen LogP contribution in [0, 0.1) is 0 Å². The van der Waals surface area contributed by atoms with E-state index in [2.05, 4.69) is 4.74 Å². The maximum Gasteiger partial charge on any atom is 0.187 e. The third kappa shape index (κ3) is 115. The summed E-state index contributed by atoms with van der Waals surface area (Å²) in [6, 6.07) is 0. The van der Waals surface area contributed by atoms with Gasteiger partial charge in [0, 0.05) is 7.11 Å². The topological polar surface area (TPSA) is 9.23 Å². The van der Waals surface area contributed by atoms with Crippen LogP contribution in [0.15, 0.2) is 0 Å². The Hall–Kier alpha value is -0.250. The molecule has 0 aliphatic rings. The lowest BCUT2D eigenvalue weighted by atomic mass is 10.6. The van der Waals surface area contributed by atoms with Crippen LogP contribution in [0.25, 0.3) is 0 Å². The summed E-state index contributed by atoms with van der Waals surface area (Å²) in [6.45, 7) is 0.944. The van der Waals surface area contributed by atoms with Crippen LogP contribution in [-0.2, 0) is 4.74 Å². The van der Waals surface area contributed by atoms with E-state index in [1.165, 1.54) is 7.11 Å². The maximum atomic E-state index is 10.7. The minimum Gasteiger partial charge on any atom is -0.354 e. The van der Waals surface area contributed by atoms with Crippen molar-refractivity contribution in [2.75, 3.05) is 27.8 Å². The van der Waals surface area contributed by atoms with Crippen molar-refractivity contribution >= 4 is 0 Å². The number of hydrogen-bond acceptors (Lipinski definition) is 1. The average molecular weight is 160 g/mol. The standard InChI is InChI=1S/C3H7F.C2H5FO.CH3F/c1-2-3-4;1-4-2-3;1-2/h2-3H2,1H3;2H2,1H3;1H3. The normalized spacial score (nSPS) is 6.60. The largest absolute Gasteiger partial charge is 0.354 e. The zero-order chi connectivity index (χ0) is 8.83. The lowest BCUT2D eigenvalue weighted by Gasteiger charge is -1.72. The van der Waals surface area contributed by atoms with Gasteiger partial charge in [0.05, 0.1) is 13.9 Å². The minimum atomic E-state index is -0.681. The molecule has 0 aromatic rings. The summed E-state index contributed by atoms with van der Waals surface area (Å²) in [7, 11) is 1.81. The molecule has 10 heavy (non-hydrogen) atoms. The van der Waals surface area contributed by atoms with Crippen LogP contribution in [-0.4, -0.2) is 27.8 Å². The monoisotopic (exact) mass is 160 g/mol. The van der Waals surface area contributed by atoms with Gasteiger partial charge in [-0.15, -0.1) is 0 Å². The zero-order valence-electron chi connectivity index (χ0n) is 6.66. The summed E-state index contributed by atoms with van der Waals surface area (Å²) in [5.41, 5.74) is 0. The van der Waals surface area contributed by atoms with Crippen LogP contribution < -0.4 is 0 Å². The quantitative estimate of drug-likeness (QED) is 0.603. The number of hydrogen-bond donors (Lipinski definition) is 0. The lowest BCUT2D eigenvalue weighted by molar-refractivity contribution is 0.104. The molecule has 1 nitrogen and oxygen atoms in total. The fourth-order valence-corrected chi connectivity index (χ4v) is 0. The van der Waals surface area contributed by atoms with Gasteiger partial charge in [-0.05, 0) is 6.42 Å². The molecule has 0 bridgehead atoms. The third-order valence-electron chi connectivity index (χ3n) is 0.298. The van der Waals surface area contributed by atoms with Crippen molar-refractivity contribution in [3.8, 4) is 0 Å².